The number of fused-ring (bicyclic) bond motifs is 3. The number of carboxylic acids is 1. The van der Waals surface area contributed by atoms with Crippen molar-refractivity contribution in [2.75, 3.05) is 5.75 Å². The van der Waals surface area contributed by atoms with E-state index in [9.17, 15) is 9.59 Å². The van der Waals surface area contributed by atoms with E-state index >= 15 is 0 Å². The van der Waals surface area contributed by atoms with Crippen LogP contribution in [0, 0.1) is 0 Å². The van der Waals surface area contributed by atoms with E-state index in [0.717, 1.165) is 47.0 Å². The molecule has 1 aliphatic rings. The second-order valence-electron chi connectivity index (χ2n) is 6.05. The molecule has 0 saturated heterocycles. The summed E-state index contributed by atoms with van der Waals surface area (Å²) in [6, 6.07) is 9.60. The van der Waals surface area contributed by atoms with Crippen LogP contribution >= 0.6 is 23.1 Å². The average Bonchev–Trinajstić information content (AvgIpc) is 3.19. The Bertz CT molecular complexity index is 1070. The molecule has 0 bridgehead atoms. The summed E-state index contributed by atoms with van der Waals surface area (Å²) < 4.78 is 0. The molecular formula is C19H16N2O3S2. The number of thioether (sulfide) groups is 1. The number of aliphatic carboxylic acids is 1. The Morgan fingerprint density at radius 1 is 1.31 bits per heavy atom. The van der Waals surface area contributed by atoms with Gasteiger partial charge in [0.2, 0.25) is 0 Å². The number of H-pyrrole nitrogens is 1. The van der Waals surface area contributed by atoms with Gasteiger partial charge in [-0.1, -0.05) is 30.3 Å². The van der Waals surface area contributed by atoms with Crippen molar-refractivity contribution in [3.8, 4) is 0 Å². The molecule has 0 fully saturated rings. The number of aromatic amines is 1. The Labute approximate surface area is 157 Å². The van der Waals surface area contributed by atoms with E-state index in [1.807, 2.05) is 36.4 Å². The Hall–Kier alpha value is -2.38. The van der Waals surface area contributed by atoms with Gasteiger partial charge < -0.3 is 10.1 Å². The molecule has 1 aromatic carbocycles. The molecule has 3 aromatic rings. The van der Waals surface area contributed by atoms with Crippen LogP contribution in [0.15, 0.2) is 35.1 Å². The molecule has 2 heterocycles. The number of rotatable bonds is 5. The van der Waals surface area contributed by atoms with Gasteiger partial charge in [-0.15, -0.1) is 23.1 Å². The molecule has 0 amide bonds. The van der Waals surface area contributed by atoms with Gasteiger partial charge in [-0.25, -0.2) is 4.98 Å². The lowest BCUT2D eigenvalue weighted by Gasteiger charge is -2.06. The minimum Gasteiger partial charge on any atom is -0.481 e. The maximum atomic E-state index is 12.7. The van der Waals surface area contributed by atoms with Crippen molar-refractivity contribution in [2.24, 2.45) is 0 Å². The molecule has 0 unspecified atom stereocenters. The fraction of sp³-hybridized carbons (Fsp3) is 0.211. The van der Waals surface area contributed by atoms with Gasteiger partial charge in [0.05, 0.1) is 16.0 Å². The highest BCUT2D eigenvalue weighted by molar-refractivity contribution is 8.09. The second kappa shape index (κ2) is 7.09. The molecule has 2 N–H and O–H groups in total. The first-order chi connectivity index (χ1) is 12.6. The zero-order valence-corrected chi connectivity index (χ0v) is 15.5. The minimum absolute atomic E-state index is 0.0959. The quantitative estimate of drug-likeness (QED) is 0.699. The van der Waals surface area contributed by atoms with Crippen molar-refractivity contribution in [3.05, 3.63) is 62.5 Å². The highest BCUT2D eigenvalue weighted by atomic mass is 32.2. The summed E-state index contributed by atoms with van der Waals surface area (Å²) in [6.45, 7) is 0. The molecule has 26 heavy (non-hydrogen) atoms. The van der Waals surface area contributed by atoms with Crippen LogP contribution in [-0.4, -0.2) is 26.8 Å². The van der Waals surface area contributed by atoms with Gasteiger partial charge in [-0.2, -0.15) is 0 Å². The fourth-order valence-corrected chi connectivity index (χ4v) is 5.13. The van der Waals surface area contributed by atoms with Gasteiger partial charge in [0.15, 0.2) is 0 Å². The van der Waals surface area contributed by atoms with E-state index in [4.69, 9.17) is 5.11 Å². The van der Waals surface area contributed by atoms with E-state index in [2.05, 4.69) is 9.97 Å². The Morgan fingerprint density at radius 3 is 2.88 bits per heavy atom. The smallest absolute Gasteiger partial charge is 0.313 e. The first-order valence-electron chi connectivity index (χ1n) is 8.28. The first kappa shape index (κ1) is 17.1. The second-order valence-corrected chi connectivity index (χ2v) is 8.15. The fourth-order valence-electron chi connectivity index (χ4n) is 3.14. The van der Waals surface area contributed by atoms with Gasteiger partial charge in [-0.05, 0) is 36.5 Å². The predicted molar refractivity (Wildman–Crippen MR) is 107 cm³/mol. The van der Waals surface area contributed by atoms with Crippen molar-refractivity contribution in [1.82, 2.24) is 9.97 Å². The minimum atomic E-state index is -0.910. The molecule has 0 aliphatic heterocycles. The highest BCUT2D eigenvalue weighted by Gasteiger charge is 2.22. The zero-order chi connectivity index (χ0) is 18.1. The van der Waals surface area contributed by atoms with Crippen molar-refractivity contribution >= 4 is 50.3 Å². The molecule has 0 saturated carbocycles. The van der Waals surface area contributed by atoms with Crippen LogP contribution in [0.3, 0.4) is 0 Å². The Kier molecular flexibility index (Phi) is 4.65. The lowest BCUT2D eigenvalue weighted by molar-refractivity contribution is -0.133. The van der Waals surface area contributed by atoms with E-state index in [0.29, 0.717) is 16.1 Å². The van der Waals surface area contributed by atoms with Crippen molar-refractivity contribution in [3.63, 3.8) is 0 Å². The summed E-state index contributed by atoms with van der Waals surface area (Å²) in [4.78, 5) is 33.9. The van der Waals surface area contributed by atoms with Gasteiger partial charge in [0.1, 0.15) is 10.7 Å². The molecule has 1 aliphatic carbocycles. The number of carbonyl (C=O) groups is 1. The van der Waals surface area contributed by atoms with Crippen LogP contribution in [-0.2, 0) is 17.6 Å². The van der Waals surface area contributed by atoms with Crippen LogP contribution < -0.4 is 5.56 Å². The molecule has 0 radical (unpaired) electrons. The van der Waals surface area contributed by atoms with Gasteiger partial charge in [0.25, 0.3) is 5.56 Å². The number of hydrogen-bond acceptors (Lipinski definition) is 5. The lowest BCUT2D eigenvalue weighted by Crippen LogP contribution is -2.11. The van der Waals surface area contributed by atoms with E-state index in [1.165, 1.54) is 4.88 Å². The van der Waals surface area contributed by atoms with Gasteiger partial charge >= 0.3 is 5.97 Å². The number of benzene rings is 1. The van der Waals surface area contributed by atoms with Crippen LogP contribution in [0.1, 0.15) is 28.2 Å². The van der Waals surface area contributed by atoms with Gasteiger partial charge in [0, 0.05) is 4.88 Å². The van der Waals surface area contributed by atoms with Crippen LogP contribution in [0.5, 0.6) is 0 Å². The largest absolute Gasteiger partial charge is 0.481 e. The summed E-state index contributed by atoms with van der Waals surface area (Å²) in [5.74, 6) is -0.577. The molecule has 7 heteroatoms. The third-order valence-electron chi connectivity index (χ3n) is 4.26. The average molecular weight is 384 g/mol. The number of nitrogens with one attached hydrogen (secondary N) is 1. The molecule has 0 spiro atoms. The summed E-state index contributed by atoms with van der Waals surface area (Å²) in [5, 5.41) is 9.74. The van der Waals surface area contributed by atoms with E-state index < -0.39 is 5.97 Å². The maximum absolute atomic E-state index is 12.7. The first-order valence-corrected chi connectivity index (χ1v) is 10.1. The van der Waals surface area contributed by atoms with E-state index in [1.54, 1.807) is 11.3 Å². The summed E-state index contributed by atoms with van der Waals surface area (Å²) in [7, 11) is 0. The van der Waals surface area contributed by atoms with Crippen LogP contribution in [0.2, 0.25) is 0 Å². The lowest BCUT2D eigenvalue weighted by atomic mass is 10.2. The van der Waals surface area contributed by atoms with Gasteiger partial charge in [-0.3, -0.25) is 9.59 Å². The number of nitrogens with zero attached hydrogens (tertiary/aromatic N) is 1. The number of aromatic nitrogens is 2. The van der Waals surface area contributed by atoms with Crippen molar-refractivity contribution in [1.29, 1.82) is 0 Å². The predicted octanol–water partition coefficient (Wildman–Crippen LogP) is 3.79. The summed E-state index contributed by atoms with van der Waals surface area (Å²) in [6.07, 6.45) is 4.89. The zero-order valence-electron chi connectivity index (χ0n) is 13.8. The van der Waals surface area contributed by atoms with E-state index in [-0.39, 0.29) is 11.3 Å². The third-order valence-corrected chi connectivity index (χ3v) is 6.46. The molecule has 2 aromatic heterocycles. The monoisotopic (exact) mass is 384 g/mol. The maximum Gasteiger partial charge on any atom is 0.313 e. The third kappa shape index (κ3) is 3.32. The highest BCUT2D eigenvalue weighted by Crippen LogP contribution is 2.36. The number of carboxylic acid groups (broad SMARTS) is 1. The normalized spacial score (nSPS) is 13.9. The molecular weight excluding hydrogens is 368 g/mol. The number of hydrogen-bond donors (Lipinski definition) is 2. The Morgan fingerprint density at radius 2 is 2.12 bits per heavy atom. The standard InChI is InChI=1S/C19H16N2O3S2/c22-15(23)10-25-14(9-11-5-2-1-3-6-11)17-20-18(24)16-12-7-4-8-13(12)26-19(16)21-17/h1-3,5-6,9H,4,7-8,10H2,(H,22,23)(H,20,21,24)/b14-9-. The van der Waals surface area contributed by atoms with Crippen molar-refractivity contribution in [2.45, 2.75) is 19.3 Å². The summed E-state index contributed by atoms with van der Waals surface area (Å²) >= 11 is 2.74. The van der Waals surface area contributed by atoms with Crippen molar-refractivity contribution < 1.29 is 9.90 Å². The Balaban J connectivity index is 1.81. The topological polar surface area (TPSA) is 83.0 Å². The molecule has 4 rings (SSSR count). The number of aryl methyl sites for hydroxylation is 2. The van der Waals surface area contributed by atoms with Crippen LogP contribution in [0.4, 0.5) is 0 Å². The molecule has 0 atom stereocenters. The molecule has 132 valence electrons. The SMILES string of the molecule is O=C(O)CS/C(=C\c1ccccc1)c1nc2sc3c(c2c(=O)[nH]1)CCC3. The molecule has 5 nitrogen and oxygen atoms in total. The van der Waals surface area contributed by atoms with Crippen LogP contribution in [0.25, 0.3) is 21.2 Å². The number of thiophene rings is 1. The summed E-state index contributed by atoms with van der Waals surface area (Å²) in [5.41, 5.74) is 1.92.